The molecule has 1 aromatic heterocycles. The highest BCUT2D eigenvalue weighted by Gasteiger charge is 2.20. The molecule has 1 aromatic carbocycles. The van der Waals surface area contributed by atoms with Gasteiger partial charge in [-0.15, -0.1) is 24.0 Å². The van der Waals surface area contributed by atoms with E-state index >= 15 is 0 Å². The average molecular weight is 511 g/mol. The molecule has 0 spiro atoms. The Hall–Kier alpha value is -1.61. The molecule has 2 aromatic rings. The first kappa shape index (κ1) is 23.7. The van der Waals surface area contributed by atoms with Crippen LogP contribution in [0.15, 0.2) is 34.0 Å². The number of aliphatic imine (C=N–C) groups is 1. The van der Waals surface area contributed by atoms with Gasteiger partial charge in [0.2, 0.25) is 0 Å². The summed E-state index contributed by atoms with van der Waals surface area (Å²) in [5, 5.41) is 7.48. The van der Waals surface area contributed by atoms with Crippen molar-refractivity contribution in [2.75, 3.05) is 39.3 Å². The first-order valence-corrected chi connectivity index (χ1v) is 10.3. The predicted molar refractivity (Wildman–Crippen MR) is 129 cm³/mol. The van der Waals surface area contributed by atoms with Gasteiger partial charge < -0.3 is 14.7 Å². The Labute approximate surface area is 191 Å². The van der Waals surface area contributed by atoms with Crippen molar-refractivity contribution in [2.45, 2.75) is 40.7 Å². The monoisotopic (exact) mass is 511 g/mol. The van der Waals surface area contributed by atoms with Crippen molar-refractivity contribution < 1.29 is 4.52 Å². The van der Waals surface area contributed by atoms with Gasteiger partial charge in [-0.3, -0.25) is 9.89 Å². The van der Waals surface area contributed by atoms with E-state index < -0.39 is 0 Å². The van der Waals surface area contributed by atoms with Gasteiger partial charge in [0.15, 0.2) is 5.96 Å². The van der Waals surface area contributed by atoms with Crippen molar-refractivity contribution in [2.24, 2.45) is 4.99 Å². The molecule has 1 aliphatic heterocycles. The van der Waals surface area contributed by atoms with Gasteiger partial charge in [0, 0.05) is 51.9 Å². The van der Waals surface area contributed by atoms with Gasteiger partial charge in [0.1, 0.15) is 6.26 Å². The van der Waals surface area contributed by atoms with E-state index in [-0.39, 0.29) is 24.0 Å². The van der Waals surface area contributed by atoms with Crippen LogP contribution in [0.2, 0.25) is 0 Å². The highest BCUT2D eigenvalue weighted by molar-refractivity contribution is 14.0. The van der Waals surface area contributed by atoms with Crippen LogP contribution in [-0.4, -0.2) is 60.2 Å². The van der Waals surface area contributed by atoms with Gasteiger partial charge in [-0.1, -0.05) is 22.9 Å². The number of guanidine groups is 1. The lowest BCUT2D eigenvalue weighted by Crippen LogP contribution is -2.52. The summed E-state index contributed by atoms with van der Waals surface area (Å²) in [5.74, 6) is 1.03. The maximum absolute atomic E-state index is 4.94. The van der Waals surface area contributed by atoms with Crippen LogP contribution in [0.1, 0.15) is 34.9 Å². The van der Waals surface area contributed by atoms with Crippen molar-refractivity contribution in [1.29, 1.82) is 0 Å². The zero-order valence-electron chi connectivity index (χ0n) is 18.1. The van der Waals surface area contributed by atoms with E-state index in [1.807, 2.05) is 6.07 Å². The molecule has 0 unspecified atom stereocenters. The van der Waals surface area contributed by atoms with E-state index in [0.29, 0.717) is 0 Å². The molecule has 0 bridgehead atoms. The summed E-state index contributed by atoms with van der Waals surface area (Å²) in [6.07, 6.45) is 2.62. The van der Waals surface area contributed by atoms with E-state index in [1.54, 1.807) is 6.26 Å². The first-order chi connectivity index (χ1) is 13.6. The summed E-state index contributed by atoms with van der Waals surface area (Å²) in [6, 6.07) is 6.48. The molecule has 1 fully saturated rings. The summed E-state index contributed by atoms with van der Waals surface area (Å²) >= 11 is 0. The number of rotatable bonds is 6. The second-order valence-corrected chi connectivity index (χ2v) is 7.62. The molecule has 0 saturated carbocycles. The molecule has 29 heavy (non-hydrogen) atoms. The average Bonchev–Trinajstić information content (AvgIpc) is 3.16. The fourth-order valence-corrected chi connectivity index (χ4v) is 3.97. The number of nitrogens with zero attached hydrogens (tertiary/aromatic N) is 4. The molecule has 0 amide bonds. The van der Waals surface area contributed by atoms with Gasteiger partial charge in [0.05, 0.1) is 5.69 Å². The Balaban J connectivity index is 0.00000300. The van der Waals surface area contributed by atoms with Crippen molar-refractivity contribution in [1.82, 2.24) is 20.3 Å². The fourth-order valence-electron chi connectivity index (χ4n) is 3.97. The Morgan fingerprint density at radius 1 is 1.14 bits per heavy atom. The van der Waals surface area contributed by atoms with Crippen LogP contribution in [0.4, 0.5) is 0 Å². The molecule has 0 atom stereocenters. The molecular formula is C22H34IN5O. The molecule has 0 radical (unpaired) electrons. The third kappa shape index (κ3) is 6.70. The molecular weight excluding hydrogens is 477 g/mol. The number of aromatic nitrogens is 1. The molecule has 6 nitrogen and oxygen atoms in total. The maximum atomic E-state index is 4.94. The van der Waals surface area contributed by atoms with Crippen LogP contribution in [0.5, 0.6) is 0 Å². The Bertz CT molecular complexity index is 760. The molecule has 3 rings (SSSR count). The van der Waals surface area contributed by atoms with E-state index in [1.165, 1.54) is 22.3 Å². The number of piperazine rings is 1. The minimum absolute atomic E-state index is 0. The molecule has 7 heteroatoms. The number of hydrogen-bond acceptors (Lipinski definition) is 4. The lowest BCUT2D eigenvalue weighted by Gasteiger charge is -2.36. The zero-order chi connectivity index (χ0) is 19.9. The quantitative estimate of drug-likeness (QED) is 0.366. The van der Waals surface area contributed by atoms with Crippen molar-refractivity contribution >= 4 is 29.9 Å². The third-order valence-corrected chi connectivity index (χ3v) is 5.35. The fraction of sp³-hybridized carbons (Fsp3) is 0.545. The Kier molecular flexibility index (Phi) is 9.42. The van der Waals surface area contributed by atoms with Crippen LogP contribution in [0.3, 0.4) is 0 Å². The number of hydrogen-bond donors (Lipinski definition) is 1. The standard InChI is InChI=1S/C22H33N5O.HI/c1-5-23-22(24-8-6-21-18(3)14-17(2)15-19(21)4)27-11-9-26(10-12-27)16-20-7-13-28-25-20;/h7,13-15H,5-6,8-12,16H2,1-4H3,(H,23,24);1H. The third-order valence-electron chi connectivity index (χ3n) is 5.35. The minimum atomic E-state index is 0. The van der Waals surface area contributed by atoms with Crippen LogP contribution < -0.4 is 5.32 Å². The highest BCUT2D eigenvalue weighted by atomic mass is 127. The molecule has 1 N–H and O–H groups in total. The molecule has 1 aliphatic rings. The van der Waals surface area contributed by atoms with Crippen LogP contribution in [0.25, 0.3) is 0 Å². The summed E-state index contributed by atoms with van der Waals surface area (Å²) in [6.45, 7) is 15.2. The summed E-state index contributed by atoms with van der Waals surface area (Å²) in [4.78, 5) is 9.71. The lowest BCUT2D eigenvalue weighted by atomic mass is 9.97. The molecule has 2 heterocycles. The van der Waals surface area contributed by atoms with Crippen LogP contribution in [0, 0.1) is 20.8 Å². The van der Waals surface area contributed by atoms with E-state index in [4.69, 9.17) is 9.52 Å². The number of nitrogens with one attached hydrogen (secondary N) is 1. The lowest BCUT2D eigenvalue weighted by molar-refractivity contribution is 0.169. The van der Waals surface area contributed by atoms with Crippen molar-refractivity contribution in [3.8, 4) is 0 Å². The normalized spacial score (nSPS) is 15.3. The van der Waals surface area contributed by atoms with Crippen molar-refractivity contribution in [3.63, 3.8) is 0 Å². The molecule has 160 valence electrons. The minimum Gasteiger partial charge on any atom is -0.364 e. The molecule has 0 aliphatic carbocycles. The van der Waals surface area contributed by atoms with Gasteiger partial charge in [0.25, 0.3) is 0 Å². The first-order valence-electron chi connectivity index (χ1n) is 10.3. The smallest absolute Gasteiger partial charge is 0.194 e. The maximum Gasteiger partial charge on any atom is 0.194 e. The number of benzene rings is 1. The van der Waals surface area contributed by atoms with Gasteiger partial charge in [-0.2, -0.15) is 0 Å². The second-order valence-electron chi connectivity index (χ2n) is 7.62. The topological polar surface area (TPSA) is 56.9 Å². The summed E-state index contributed by atoms with van der Waals surface area (Å²) in [7, 11) is 0. The summed E-state index contributed by atoms with van der Waals surface area (Å²) in [5.41, 5.74) is 6.51. The van der Waals surface area contributed by atoms with Crippen molar-refractivity contribution in [3.05, 3.63) is 52.4 Å². The molecule has 1 saturated heterocycles. The Morgan fingerprint density at radius 2 is 1.83 bits per heavy atom. The SMILES string of the molecule is CCNC(=NCCc1c(C)cc(C)cc1C)N1CCN(Cc2ccon2)CC1.I. The Morgan fingerprint density at radius 3 is 2.41 bits per heavy atom. The van der Waals surface area contributed by atoms with Gasteiger partial charge in [-0.25, -0.2) is 0 Å². The zero-order valence-corrected chi connectivity index (χ0v) is 20.4. The van der Waals surface area contributed by atoms with Crippen LogP contribution in [-0.2, 0) is 13.0 Å². The van der Waals surface area contributed by atoms with E-state index in [9.17, 15) is 0 Å². The number of halogens is 1. The van der Waals surface area contributed by atoms with E-state index in [2.05, 4.69) is 60.1 Å². The van der Waals surface area contributed by atoms with Crippen LogP contribution >= 0.6 is 24.0 Å². The second kappa shape index (κ2) is 11.5. The highest BCUT2D eigenvalue weighted by Crippen LogP contribution is 2.17. The van der Waals surface area contributed by atoms with E-state index in [0.717, 1.165) is 63.9 Å². The largest absolute Gasteiger partial charge is 0.364 e. The van der Waals surface area contributed by atoms with Gasteiger partial charge in [-0.05, 0) is 50.8 Å². The summed E-state index contributed by atoms with van der Waals surface area (Å²) < 4.78 is 4.94. The predicted octanol–water partition coefficient (Wildman–Crippen LogP) is 3.54. The van der Waals surface area contributed by atoms with Gasteiger partial charge >= 0.3 is 0 Å². The number of aryl methyl sites for hydroxylation is 3.